The molecule has 0 saturated heterocycles. The Morgan fingerprint density at radius 3 is 2.33 bits per heavy atom. The fourth-order valence-electron chi connectivity index (χ4n) is 1.75. The van der Waals surface area contributed by atoms with Gasteiger partial charge in [-0.15, -0.1) is 0 Å². The molecule has 0 saturated carbocycles. The van der Waals surface area contributed by atoms with Gasteiger partial charge in [0, 0.05) is 12.6 Å². The first kappa shape index (κ1) is 12.2. The van der Waals surface area contributed by atoms with Crippen LogP contribution in [0.15, 0.2) is 35.8 Å². The molecule has 1 heterocycles. The maximum Gasteiger partial charge on any atom is 0.348 e. The molecular weight excluding hydrogens is 228 g/mol. The number of amides is 2. The van der Waals surface area contributed by atoms with Crippen LogP contribution in [-0.2, 0) is 4.79 Å². The van der Waals surface area contributed by atoms with Crippen molar-refractivity contribution in [2.24, 2.45) is 4.99 Å². The fraction of sp³-hybridized carbons (Fsp3) is 0.214. The number of allylic oxidation sites excluding steroid dienone is 1. The van der Waals surface area contributed by atoms with E-state index in [1.807, 2.05) is 31.2 Å². The molecule has 0 aromatic heterocycles. The van der Waals surface area contributed by atoms with Crippen molar-refractivity contribution in [1.29, 1.82) is 0 Å². The molecule has 0 unspecified atom stereocenters. The standard InChI is InChI=1S/C14H14N2O2/c1-9(2)11-4-6-12(7-5-11)16-8-13(10(3)17)15-14(16)18/h4-7H,1,8H2,2-3H3. The maximum absolute atomic E-state index is 11.7. The molecule has 2 rings (SSSR count). The van der Waals surface area contributed by atoms with Crippen LogP contribution in [0.25, 0.3) is 5.57 Å². The summed E-state index contributed by atoms with van der Waals surface area (Å²) in [6.07, 6.45) is 0. The van der Waals surface area contributed by atoms with Crippen molar-refractivity contribution in [2.75, 3.05) is 11.4 Å². The van der Waals surface area contributed by atoms with E-state index in [2.05, 4.69) is 11.6 Å². The highest BCUT2D eigenvalue weighted by molar-refractivity contribution is 6.44. The van der Waals surface area contributed by atoms with E-state index in [1.54, 1.807) is 0 Å². The van der Waals surface area contributed by atoms with Crippen molar-refractivity contribution < 1.29 is 9.59 Å². The third kappa shape index (κ3) is 2.22. The molecule has 0 spiro atoms. The molecule has 0 atom stereocenters. The zero-order valence-corrected chi connectivity index (χ0v) is 10.4. The summed E-state index contributed by atoms with van der Waals surface area (Å²) in [4.78, 5) is 28.1. The van der Waals surface area contributed by atoms with Crippen molar-refractivity contribution in [2.45, 2.75) is 13.8 Å². The van der Waals surface area contributed by atoms with Crippen molar-refractivity contribution in [3.63, 3.8) is 0 Å². The lowest BCUT2D eigenvalue weighted by molar-refractivity contribution is -0.111. The van der Waals surface area contributed by atoms with Crippen LogP contribution >= 0.6 is 0 Å². The Balaban J connectivity index is 2.22. The van der Waals surface area contributed by atoms with Gasteiger partial charge in [-0.25, -0.2) is 4.79 Å². The van der Waals surface area contributed by atoms with E-state index in [0.29, 0.717) is 5.71 Å². The van der Waals surface area contributed by atoms with Crippen LogP contribution in [0, 0.1) is 0 Å². The number of hydrogen-bond donors (Lipinski definition) is 0. The highest BCUT2D eigenvalue weighted by Crippen LogP contribution is 2.21. The number of ketones is 1. The van der Waals surface area contributed by atoms with E-state index < -0.39 is 0 Å². The van der Waals surface area contributed by atoms with Crippen molar-refractivity contribution in [3.8, 4) is 0 Å². The average molecular weight is 242 g/mol. The lowest BCUT2D eigenvalue weighted by atomic mass is 10.1. The molecule has 0 fully saturated rings. The molecule has 0 N–H and O–H groups in total. The summed E-state index contributed by atoms with van der Waals surface area (Å²) >= 11 is 0. The number of Topliss-reactive ketones (excluding diaryl/α,β-unsaturated/α-hetero) is 1. The molecular formula is C14H14N2O2. The third-order valence-electron chi connectivity index (χ3n) is 2.85. The molecule has 0 bridgehead atoms. The van der Waals surface area contributed by atoms with Gasteiger partial charge in [-0.05, 0) is 24.6 Å². The minimum absolute atomic E-state index is 0.163. The molecule has 1 aromatic rings. The molecule has 0 radical (unpaired) electrons. The van der Waals surface area contributed by atoms with E-state index in [1.165, 1.54) is 11.8 Å². The van der Waals surface area contributed by atoms with Crippen molar-refractivity contribution in [3.05, 3.63) is 36.4 Å². The Morgan fingerprint density at radius 2 is 1.89 bits per heavy atom. The van der Waals surface area contributed by atoms with E-state index in [9.17, 15) is 9.59 Å². The maximum atomic E-state index is 11.7. The summed E-state index contributed by atoms with van der Waals surface area (Å²) in [6, 6.07) is 7.08. The van der Waals surface area contributed by atoms with E-state index in [0.717, 1.165) is 16.8 Å². The number of benzene rings is 1. The topological polar surface area (TPSA) is 49.7 Å². The highest BCUT2D eigenvalue weighted by Gasteiger charge is 2.26. The Labute approximate surface area is 106 Å². The first-order valence-electron chi connectivity index (χ1n) is 5.65. The first-order chi connectivity index (χ1) is 8.49. The molecule has 92 valence electrons. The van der Waals surface area contributed by atoms with Crippen LogP contribution in [0.3, 0.4) is 0 Å². The lowest BCUT2D eigenvalue weighted by Crippen LogP contribution is -2.27. The number of hydrogen-bond acceptors (Lipinski definition) is 2. The SMILES string of the molecule is C=C(C)c1ccc(N2CC(C(C)=O)=NC2=O)cc1. The van der Waals surface area contributed by atoms with Gasteiger partial charge in [-0.3, -0.25) is 9.69 Å². The van der Waals surface area contributed by atoms with Crippen molar-refractivity contribution >= 4 is 28.8 Å². The van der Waals surface area contributed by atoms with E-state index in [-0.39, 0.29) is 18.4 Å². The van der Waals surface area contributed by atoms with Gasteiger partial charge < -0.3 is 0 Å². The molecule has 1 aliphatic heterocycles. The summed E-state index contributed by atoms with van der Waals surface area (Å²) < 4.78 is 0. The molecule has 18 heavy (non-hydrogen) atoms. The number of aliphatic imine (C=N–C) groups is 1. The number of rotatable bonds is 3. The van der Waals surface area contributed by atoms with Gasteiger partial charge in [0.2, 0.25) is 0 Å². The van der Waals surface area contributed by atoms with Crippen LogP contribution in [0.5, 0.6) is 0 Å². The van der Waals surface area contributed by atoms with Gasteiger partial charge >= 0.3 is 6.03 Å². The number of urea groups is 1. The summed E-state index contributed by atoms with van der Waals surface area (Å²) in [7, 11) is 0. The second-order valence-corrected chi connectivity index (χ2v) is 4.31. The predicted molar refractivity (Wildman–Crippen MR) is 72.0 cm³/mol. The van der Waals surface area contributed by atoms with Gasteiger partial charge in [0.25, 0.3) is 0 Å². The molecule has 4 heteroatoms. The van der Waals surface area contributed by atoms with Gasteiger partial charge in [-0.1, -0.05) is 24.3 Å². The van der Waals surface area contributed by atoms with Crippen LogP contribution in [0.4, 0.5) is 10.5 Å². The molecule has 0 aliphatic carbocycles. The predicted octanol–water partition coefficient (Wildman–Crippen LogP) is 2.69. The summed E-state index contributed by atoms with van der Waals surface area (Å²) in [5, 5.41) is 0. The number of carbonyl (C=O) groups is 2. The van der Waals surface area contributed by atoms with Gasteiger partial charge in [0.15, 0.2) is 5.78 Å². The minimum Gasteiger partial charge on any atom is -0.293 e. The Kier molecular flexibility index (Phi) is 3.10. The minimum atomic E-state index is -0.386. The average Bonchev–Trinajstić information content (AvgIpc) is 2.71. The normalized spacial score (nSPS) is 14.7. The second-order valence-electron chi connectivity index (χ2n) is 4.31. The third-order valence-corrected chi connectivity index (χ3v) is 2.85. The molecule has 1 aromatic carbocycles. The largest absolute Gasteiger partial charge is 0.348 e. The summed E-state index contributed by atoms with van der Waals surface area (Å²) in [5.41, 5.74) is 3.04. The number of nitrogens with zero attached hydrogens (tertiary/aromatic N) is 2. The Morgan fingerprint density at radius 1 is 1.28 bits per heavy atom. The molecule has 1 aliphatic rings. The Hall–Kier alpha value is -2.23. The quantitative estimate of drug-likeness (QED) is 0.818. The Bertz CT molecular complexity index is 556. The monoisotopic (exact) mass is 242 g/mol. The fourth-order valence-corrected chi connectivity index (χ4v) is 1.75. The van der Waals surface area contributed by atoms with E-state index in [4.69, 9.17) is 0 Å². The number of carbonyl (C=O) groups excluding carboxylic acids is 2. The van der Waals surface area contributed by atoms with Gasteiger partial charge in [0.1, 0.15) is 5.71 Å². The van der Waals surface area contributed by atoms with Gasteiger partial charge in [0.05, 0.1) is 6.54 Å². The molecule has 2 amide bonds. The van der Waals surface area contributed by atoms with E-state index >= 15 is 0 Å². The van der Waals surface area contributed by atoms with Crippen LogP contribution in [-0.4, -0.2) is 24.1 Å². The lowest BCUT2D eigenvalue weighted by Gasteiger charge is -2.14. The van der Waals surface area contributed by atoms with Crippen LogP contribution in [0.1, 0.15) is 19.4 Å². The van der Waals surface area contributed by atoms with Crippen LogP contribution in [0.2, 0.25) is 0 Å². The first-order valence-corrected chi connectivity index (χ1v) is 5.65. The second kappa shape index (κ2) is 4.56. The highest BCUT2D eigenvalue weighted by atomic mass is 16.2. The molecule has 4 nitrogen and oxygen atoms in total. The van der Waals surface area contributed by atoms with Gasteiger partial charge in [-0.2, -0.15) is 4.99 Å². The summed E-state index contributed by atoms with van der Waals surface area (Å²) in [6.45, 7) is 7.45. The van der Waals surface area contributed by atoms with Crippen LogP contribution < -0.4 is 4.90 Å². The number of anilines is 1. The zero-order valence-electron chi connectivity index (χ0n) is 10.4. The van der Waals surface area contributed by atoms with Crippen molar-refractivity contribution in [1.82, 2.24) is 0 Å². The zero-order chi connectivity index (χ0) is 13.3. The smallest absolute Gasteiger partial charge is 0.293 e. The summed E-state index contributed by atoms with van der Waals surface area (Å²) in [5.74, 6) is -0.163.